The van der Waals surface area contributed by atoms with E-state index >= 15 is 0 Å². The summed E-state index contributed by atoms with van der Waals surface area (Å²) in [6.07, 6.45) is 2.25. The summed E-state index contributed by atoms with van der Waals surface area (Å²) < 4.78 is 10.9. The average Bonchev–Trinajstić information content (AvgIpc) is 2.40. The number of rotatable bonds is 5. The highest BCUT2D eigenvalue weighted by Gasteiger charge is 2.19. The van der Waals surface area contributed by atoms with E-state index in [0.29, 0.717) is 13.4 Å². The molecule has 0 aromatic heterocycles. The lowest BCUT2D eigenvalue weighted by atomic mass is 10.1. The number of nitrogens with zero attached hydrogens (tertiary/aromatic N) is 1. The first-order chi connectivity index (χ1) is 8.81. The van der Waals surface area contributed by atoms with Crippen molar-refractivity contribution in [3.05, 3.63) is 24.3 Å². The van der Waals surface area contributed by atoms with Crippen LogP contribution in [0.3, 0.4) is 0 Å². The number of benzene rings is 1. The average molecular weight is 250 g/mol. The minimum Gasteiger partial charge on any atom is -0.465 e. The molecule has 0 radical (unpaired) electrons. The molecule has 0 spiro atoms. The van der Waals surface area contributed by atoms with E-state index in [9.17, 15) is 0 Å². The van der Waals surface area contributed by atoms with E-state index in [1.807, 2.05) is 25.1 Å². The molecule has 1 fully saturated rings. The SMILES string of the molecule is CCOCOc1ccccc1N1CCCC(N)C1. The van der Waals surface area contributed by atoms with E-state index in [0.717, 1.165) is 37.4 Å². The Morgan fingerprint density at radius 3 is 3.00 bits per heavy atom. The quantitative estimate of drug-likeness (QED) is 0.641. The summed E-state index contributed by atoms with van der Waals surface area (Å²) in [7, 11) is 0. The van der Waals surface area contributed by atoms with E-state index in [1.54, 1.807) is 0 Å². The molecule has 0 amide bonds. The van der Waals surface area contributed by atoms with Crippen LogP contribution < -0.4 is 15.4 Å². The maximum Gasteiger partial charge on any atom is 0.189 e. The van der Waals surface area contributed by atoms with E-state index in [2.05, 4.69) is 11.0 Å². The minimum atomic E-state index is 0.263. The van der Waals surface area contributed by atoms with Gasteiger partial charge < -0.3 is 20.1 Å². The summed E-state index contributed by atoms with van der Waals surface area (Å²) in [4.78, 5) is 2.30. The number of nitrogens with two attached hydrogens (primary N) is 1. The molecule has 18 heavy (non-hydrogen) atoms. The molecule has 4 nitrogen and oxygen atoms in total. The third-order valence-corrected chi connectivity index (χ3v) is 3.17. The Morgan fingerprint density at radius 1 is 1.39 bits per heavy atom. The number of anilines is 1. The van der Waals surface area contributed by atoms with Crippen LogP contribution >= 0.6 is 0 Å². The third kappa shape index (κ3) is 3.37. The van der Waals surface area contributed by atoms with Crippen molar-refractivity contribution in [2.45, 2.75) is 25.8 Å². The van der Waals surface area contributed by atoms with Crippen LogP contribution in [-0.4, -0.2) is 32.5 Å². The van der Waals surface area contributed by atoms with Crippen molar-refractivity contribution in [2.75, 3.05) is 31.4 Å². The van der Waals surface area contributed by atoms with Crippen LogP contribution in [0.2, 0.25) is 0 Å². The Kier molecular flexibility index (Phi) is 4.84. The second-order valence-corrected chi connectivity index (χ2v) is 4.57. The van der Waals surface area contributed by atoms with Gasteiger partial charge in [-0.05, 0) is 31.9 Å². The molecule has 1 unspecified atom stereocenters. The summed E-state index contributed by atoms with van der Waals surface area (Å²) in [5, 5.41) is 0. The number of ether oxygens (including phenoxy) is 2. The van der Waals surface area contributed by atoms with Gasteiger partial charge in [-0.25, -0.2) is 0 Å². The van der Waals surface area contributed by atoms with E-state index in [4.69, 9.17) is 15.2 Å². The first kappa shape index (κ1) is 13.2. The maximum atomic E-state index is 6.03. The number of piperidine rings is 1. The van der Waals surface area contributed by atoms with Crippen molar-refractivity contribution in [3.8, 4) is 5.75 Å². The molecule has 1 atom stereocenters. The maximum absolute atomic E-state index is 6.03. The summed E-state index contributed by atoms with van der Waals surface area (Å²) in [5.74, 6) is 0.875. The highest BCUT2D eigenvalue weighted by Crippen LogP contribution is 2.29. The Labute approximate surface area is 109 Å². The van der Waals surface area contributed by atoms with Crippen LogP contribution in [0.25, 0.3) is 0 Å². The predicted molar refractivity (Wildman–Crippen MR) is 73.0 cm³/mol. The summed E-state index contributed by atoms with van der Waals surface area (Å²) >= 11 is 0. The number of hydrogen-bond donors (Lipinski definition) is 1. The molecule has 0 aliphatic carbocycles. The highest BCUT2D eigenvalue weighted by molar-refractivity contribution is 5.58. The van der Waals surface area contributed by atoms with Crippen LogP contribution in [0.1, 0.15) is 19.8 Å². The highest BCUT2D eigenvalue weighted by atomic mass is 16.7. The van der Waals surface area contributed by atoms with Crippen LogP contribution in [-0.2, 0) is 4.74 Å². The van der Waals surface area contributed by atoms with E-state index < -0.39 is 0 Å². The van der Waals surface area contributed by atoms with Crippen molar-refractivity contribution in [1.29, 1.82) is 0 Å². The van der Waals surface area contributed by atoms with Gasteiger partial charge in [0.2, 0.25) is 0 Å². The second-order valence-electron chi connectivity index (χ2n) is 4.57. The lowest BCUT2D eigenvalue weighted by Gasteiger charge is -2.33. The van der Waals surface area contributed by atoms with Gasteiger partial charge in [0.25, 0.3) is 0 Å². The van der Waals surface area contributed by atoms with E-state index in [-0.39, 0.29) is 6.04 Å². The molecule has 2 rings (SSSR count). The van der Waals surface area contributed by atoms with Gasteiger partial charge in [-0.2, -0.15) is 0 Å². The zero-order valence-electron chi connectivity index (χ0n) is 11.0. The van der Waals surface area contributed by atoms with Crippen LogP contribution in [0.5, 0.6) is 5.75 Å². The smallest absolute Gasteiger partial charge is 0.189 e. The molecule has 0 bridgehead atoms. The molecule has 1 saturated heterocycles. The van der Waals surface area contributed by atoms with Crippen molar-refractivity contribution >= 4 is 5.69 Å². The Morgan fingerprint density at radius 2 is 2.22 bits per heavy atom. The first-order valence-electron chi connectivity index (χ1n) is 6.61. The van der Waals surface area contributed by atoms with Gasteiger partial charge in [0, 0.05) is 25.7 Å². The Bertz CT molecular complexity index is 371. The Hall–Kier alpha value is -1.26. The molecule has 1 aliphatic rings. The van der Waals surface area contributed by atoms with Crippen molar-refractivity contribution in [3.63, 3.8) is 0 Å². The van der Waals surface area contributed by atoms with Crippen molar-refractivity contribution in [2.24, 2.45) is 5.73 Å². The fourth-order valence-corrected chi connectivity index (χ4v) is 2.26. The van der Waals surface area contributed by atoms with Gasteiger partial charge in [-0.15, -0.1) is 0 Å². The number of para-hydroxylation sites is 2. The van der Waals surface area contributed by atoms with Gasteiger partial charge in [-0.1, -0.05) is 12.1 Å². The molecule has 1 heterocycles. The van der Waals surface area contributed by atoms with Gasteiger partial charge in [-0.3, -0.25) is 0 Å². The molecule has 4 heteroatoms. The largest absolute Gasteiger partial charge is 0.465 e. The minimum absolute atomic E-state index is 0.263. The second kappa shape index (κ2) is 6.61. The van der Waals surface area contributed by atoms with Crippen molar-refractivity contribution in [1.82, 2.24) is 0 Å². The standard InChI is InChI=1S/C14H22N2O2/c1-2-17-11-18-14-8-4-3-7-13(14)16-9-5-6-12(15)10-16/h3-4,7-8,12H,2,5-6,9-11,15H2,1H3. The van der Waals surface area contributed by atoms with Crippen molar-refractivity contribution < 1.29 is 9.47 Å². The normalized spacial score (nSPS) is 19.9. The molecular formula is C14H22N2O2. The van der Waals surface area contributed by atoms with E-state index in [1.165, 1.54) is 0 Å². The molecule has 1 aromatic carbocycles. The van der Waals surface area contributed by atoms with Crippen LogP contribution in [0.15, 0.2) is 24.3 Å². The fourth-order valence-electron chi connectivity index (χ4n) is 2.26. The first-order valence-corrected chi connectivity index (χ1v) is 6.61. The summed E-state index contributed by atoms with van der Waals surface area (Å²) in [6.45, 7) is 4.86. The molecular weight excluding hydrogens is 228 g/mol. The zero-order valence-corrected chi connectivity index (χ0v) is 11.0. The Balaban J connectivity index is 2.06. The molecule has 1 aliphatic heterocycles. The fraction of sp³-hybridized carbons (Fsp3) is 0.571. The molecule has 2 N–H and O–H groups in total. The van der Waals surface area contributed by atoms with Crippen LogP contribution in [0, 0.1) is 0 Å². The van der Waals surface area contributed by atoms with Gasteiger partial charge >= 0.3 is 0 Å². The van der Waals surface area contributed by atoms with Gasteiger partial charge in [0.15, 0.2) is 6.79 Å². The molecule has 1 aromatic rings. The predicted octanol–water partition coefficient (Wildman–Crippen LogP) is 1.99. The molecule has 100 valence electrons. The zero-order chi connectivity index (χ0) is 12.8. The lowest BCUT2D eigenvalue weighted by molar-refractivity contribution is 0.0226. The van der Waals surface area contributed by atoms with Crippen LogP contribution in [0.4, 0.5) is 5.69 Å². The number of hydrogen-bond acceptors (Lipinski definition) is 4. The summed E-state index contributed by atoms with van der Waals surface area (Å²) in [6, 6.07) is 8.34. The monoisotopic (exact) mass is 250 g/mol. The summed E-state index contributed by atoms with van der Waals surface area (Å²) in [5.41, 5.74) is 7.14. The lowest BCUT2D eigenvalue weighted by Crippen LogP contribution is -2.43. The van der Waals surface area contributed by atoms with Gasteiger partial charge in [0.05, 0.1) is 5.69 Å². The topological polar surface area (TPSA) is 47.7 Å². The van der Waals surface area contributed by atoms with Gasteiger partial charge in [0.1, 0.15) is 5.75 Å². The third-order valence-electron chi connectivity index (χ3n) is 3.17. The molecule has 0 saturated carbocycles.